The summed E-state index contributed by atoms with van der Waals surface area (Å²) in [5.74, 6) is 0. The predicted octanol–water partition coefficient (Wildman–Crippen LogP) is 5.45. The first-order valence-corrected chi connectivity index (χ1v) is 9.51. The summed E-state index contributed by atoms with van der Waals surface area (Å²) in [7, 11) is 0. The predicted molar refractivity (Wildman–Crippen MR) is 113 cm³/mol. The third kappa shape index (κ3) is 2.62. The smallest absolute Gasteiger partial charge is 0.511 e. The van der Waals surface area contributed by atoms with Crippen molar-refractivity contribution in [1.82, 2.24) is 19.6 Å². The minimum absolute atomic E-state index is 0. The summed E-state index contributed by atoms with van der Waals surface area (Å²) in [4.78, 5) is 0. The van der Waals surface area contributed by atoms with Crippen LogP contribution in [0.5, 0.6) is 0 Å². The first-order valence-electron chi connectivity index (χ1n) is 9.51. The van der Waals surface area contributed by atoms with E-state index in [0.717, 1.165) is 55.3 Å². The Labute approximate surface area is 189 Å². The second-order valence-electron chi connectivity index (χ2n) is 7.08. The summed E-state index contributed by atoms with van der Waals surface area (Å²) >= 11 is 0. The molecule has 0 aliphatic rings. The molecule has 7 heteroatoms. The van der Waals surface area contributed by atoms with E-state index < -0.39 is 0 Å². The first-order chi connectivity index (χ1) is 14.8. The van der Waals surface area contributed by atoms with Gasteiger partial charge in [-0.2, -0.15) is 10.2 Å². The van der Waals surface area contributed by atoms with Gasteiger partial charge in [-0.25, -0.2) is 0 Å². The van der Waals surface area contributed by atoms with E-state index in [1.54, 1.807) is 21.8 Å². The summed E-state index contributed by atoms with van der Waals surface area (Å²) in [6, 6.07) is 22.4. The number of hydrogen-bond acceptors (Lipinski definition) is 4. The SMILES string of the molecule is [Pt+2].[c-]1c(-n2cccn2)ccc2oc3ccc4oc5ccc(-n6cccn6)[c-]c5c4c3c12. The zero-order valence-corrected chi connectivity index (χ0v) is 18.1. The third-order valence-electron chi connectivity index (χ3n) is 5.36. The average Bonchev–Trinajstić information content (AvgIpc) is 3.57. The number of fused-ring (bicyclic) bond motifs is 7. The number of furan rings is 2. The van der Waals surface area contributed by atoms with Crippen molar-refractivity contribution < 1.29 is 29.9 Å². The molecule has 0 fully saturated rings. The van der Waals surface area contributed by atoms with Crippen LogP contribution in [0, 0.1) is 12.1 Å². The zero-order chi connectivity index (χ0) is 19.7. The van der Waals surface area contributed by atoms with E-state index in [-0.39, 0.29) is 21.1 Å². The summed E-state index contributed by atoms with van der Waals surface area (Å²) in [6.07, 6.45) is 7.29. The molecule has 4 heterocycles. The molecule has 4 aromatic heterocycles. The van der Waals surface area contributed by atoms with Gasteiger partial charge in [-0.3, -0.25) is 9.36 Å². The van der Waals surface area contributed by atoms with Crippen LogP contribution in [0.15, 0.2) is 82.2 Å². The standard InChI is InChI=1S/C24H12N4O2.Pt/c1-9-25-27(11-1)15-3-5-19-17(13-15)23-21(29-19)7-8-22-24(23)18-14-16(4-6-20(18)30-22)28-12-2-10-26-28;/h1-12H;/q-2;+2. The van der Waals surface area contributed by atoms with Crippen molar-refractivity contribution >= 4 is 43.9 Å². The molecule has 7 aromatic rings. The third-order valence-corrected chi connectivity index (χ3v) is 5.36. The van der Waals surface area contributed by atoms with Gasteiger partial charge in [0.25, 0.3) is 0 Å². The Morgan fingerprint density at radius 3 is 1.48 bits per heavy atom. The van der Waals surface area contributed by atoms with Crippen molar-refractivity contribution in [1.29, 1.82) is 0 Å². The Bertz CT molecular complexity index is 1570. The summed E-state index contributed by atoms with van der Waals surface area (Å²) in [5.41, 5.74) is 4.80. The maximum atomic E-state index is 6.12. The molecular weight excluding hydrogens is 571 g/mol. The van der Waals surface area contributed by atoms with E-state index in [1.807, 2.05) is 60.9 Å². The van der Waals surface area contributed by atoms with Gasteiger partial charge in [-0.1, -0.05) is 10.8 Å². The van der Waals surface area contributed by atoms with E-state index in [9.17, 15) is 0 Å². The second-order valence-corrected chi connectivity index (χ2v) is 7.08. The van der Waals surface area contributed by atoms with Gasteiger partial charge in [0, 0.05) is 36.0 Å². The van der Waals surface area contributed by atoms with Gasteiger partial charge in [0.1, 0.15) is 0 Å². The van der Waals surface area contributed by atoms with Crippen LogP contribution in [0.25, 0.3) is 55.3 Å². The molecule has 0 radical (unpaired) electrons. The summed E-state index contributed by atoms with van der Waals surface area (Å²) < 4.78 is 15.8. The molecule has 3 aromatic carbocycles. The maximum absolute atomic E-state index is 6.12. The molecule has 6 nitrogen and oxygen atoms in total. The minimum Gasteiger partial charge on any atom is -0.511 e. The van der Waals surface area contributed by atoms with Gasteiger partial charge >= 0.3 is 21.1 Å². The molecule has 0 amide bonds. The molecule has 7 rings (SSSR count). The molecule has 0 aliphatic carbocycles. The van der Waals surface area contributed by atoms with Crippen LogP contribution in [0.2, 0.25) is 0 Å². The molecule has 31 heavy (non-hydrogen) atoms. The number of hydrogen-bond donors (Lipinski definition) is 0. The minimum atomic E-state index is 0. The monoisotopic (exact) mass is 583 g/mol. The Morgan fingerprint density at radius 1 is 0.613 bits per heavy atom. The van der Waals surface area contributed by atoms with Crippen molar-refractivity contribution in [3.8, 4) is 11.4 Å². The van der Waals surface area contributed by atoms with Crippen LogP contribution >= 0.6 is 0 Å². The van der Waals surface area contributed by atoms with Gasteiger partial charge in [0.15, 0.2) is 0 Å². The van der Waals surface area contributed by atoms with Gasteiger partial charge in [0.2, 0.25) is 0 Å². The van der Waals surface area contributed by atoms with E-state index in [2.05, 4.69) is 22.3 Å². The van der Waals surface area contributed by atoms with Crippen LogP contribution in [0.3, 0.4) is 0 Å². The van der Waals surface area contributed by atoms with Crippen LogP contribution in [0.1, 0.15) is 0 Å². The quantitative estimate of drug-likeness (QED) is 0.254. The van der Waals surface area contributed by atoms with E-state index >= 15 is 0 Å². The van der Waals surface area contributed by atoms with Crippen molar-refractivity contribution in [2.24, 2.45) is 0 Å². The average molecular weight is 583 g/mol. The molecule has 0 saturated carbocycles. The van der Waals surface area contributed by atoms with Crippen LogP contribution in [-0.2, 0) is 21.1 Å². The van der Waals surface area contributed by atoms with Crippen molar-refractivity contribution in [2.45, 2.75) is 0 Å². The van der Waals surface area contributed by atoms with Gasteiger partial charge < -0.3 is 8.83 Å². The molecule has 0 saturated heterocycles. The van der Waals surface area contributed by atoms with Crippen molar-refractivity contribution in [2.75, 3.05) is 0 Å². The molecule has 0 unspecified atom stereocenters. The Balaban J connectivity index is 0.00000185. The molecular formula is C24H12N4O2Pt. The molecule has 0 spiro atoms. The Hall–Kier alpha value is -3.63. The number of nitrogens with zero attached hydrogens (tertiary/aromatic N) is 4. The van der Waals surface area contributed by atoms with E-state index in [0.29, 0.717) is 0 Å². The van der Waals surface area contributed by atoms with Crippen LogP contribution in [-0.4, -0.2) is 19.6 Å². The van der Waals surface area contributed by atoms with Crippen LogP contribution < -0.4 is 0 Å². The molecule has 0 aliphatic heterocycles. The van der Waals surface area contributed by atoms with E-state index in [4.69, 9.17) is 8.83 Å². The fraction of sp³-hybridized carbons (Fsp3) is 0. The van der Waals surface area contributed by atoms with E-state index in [1.165, 1.54) is 0 Å². The Kier molecular flexibility index (Phi) is 3.92. The largest absolute Gasteiger partial charge is 2.00 e. The topological polar surface area (TPSA) is 61.9 Å². The van der Waals surface area contributed by atoms with Crippen molar-refractivity contribution in [3.05, 3.63) is 85.5 Å². The fourth-order valence-corrected chi connectivity index (χ4v) is 4.04. The summed E-state index contributed by atoms with van der Waals surface area (Å²) in [5, 5.41) is 12.4. The fourth-order valence-electron chi connectivity index (χ4n) is 4.04. The summed E-state index contributed by atoms with van der Waals surface area (Å²) in [6.45, 7) is 0. The number of rotatable bonds is 2. The maximum Gasteiger partial charge on any atom is 2.00 e. The number of aromatic nitrogens is 4. The van der Waals surface area contributed by atoms with Gasteiger partial charge in [0.05, 0.1) is 11.2 Å². The second kappa shape index (κ2) is 6.69. The van der Waals surface area contributed by atoms with Gasteiger partial charge in [-0.15, -0.1) is 47.2 Å². The zero-order valence-electron chi connectivity index (χ0n) is 15.8. The molecule has 0 N–H and O–H groups in total. The Morgan fingerprint density at radius 2 is 1.06 bits per heavy atom. The molecule has 150 valence electrons. The van der Waals surface area contributed by atoms with Crippen molar-refractivity contribution in [3.63, 3.8) is 0 Å². The molecule has 0 bridgehead atoms. The first kappa shape index (κ1) is 18.2. The van der Waals surface area contributed by atoms with Gasteiger partial charge in [-0.05, 0) is 35.6 Å². The normalized spacial score (nSPS) is 11.6. The molecule has 0 atom stereocenters. The number of benzene rings is 3. The van der Waals surface area contributed by atoms with Crippen LogP contribution in [0.4, 0.5) is 0 Å².